The molecule has 0 N–H and O–H groups in total. The van der Waals surface area contributed by atoms with Crippen molar-refractivity contribution in [1.29, 1.82) is 0 Å². The van der Waals surface area contributed by atoms with Crippen molar-refractivity contribution in [3.8, 4) is 11.1 Å². The molecule has 0 amide bonds. The maximum absolute atomic E-state index is 7.99. The summed E-state index contributed by atoms with van der Waals surface area (Å²) >= 11 is 16.0. The molecule has 0 saturated carbocycles. The standard InChI is InChI=1S/C42H28Cl2Si2/c43-45(39-21-17-31-9-1-5-13-35(31)27-39,40-22-18-32-10-2-6-14-36(32)28-40)25-26-46(44,41-23-19-33-11-3-7-15-37(33)29-41)42-24-20-34-12-4-8-16-38(34)30-42/h1-24,27-30H. The SMILES string of the molecule is Cl[Si](C#C[Si](Cl)(c1ccc2ccccc2c1)c1ccc2ccccc2c1)(c1ccc2ccccc2c1)c1ccc2ccccc2c1. The van der Waals surface area contributed by atoms with Gasteiger partial charge in [-0.15, -0.1) is 33.2 Å². The van der Waals surface area contributed by atoms with Crippen molar-refractivity contribution in [2.75, 3.05) is 0 Å². The van der Waals surface area contributed by atoms with Crippen LogP contribution in [-0.4, -0.2) is 14.8 Å². The zero-order chi connectivity index (χ0) is 31.1. The molecule has 0 bridgehead atoms. The molecule has 0 saturated heterocycles. The number of fused-ring (bicyclic) bond motifs is 4. The van der Waals surface area contributed by atoms with Crippen molar-refractivity contribution < 1.29 is 0 Å². The van der Waals surface area contributed by atoms with Crippen LogP contribution in [0, 0.1) is 11.1 Å². The molecule has 8 aromatic carbocycles. The van der Waals surface area contributed by atoms with Crippen molar-refractivity contribution in [3.05, 3.63) is 170 Å². The molecule has 4 heteroatoms. The van der Waals surface area contributed by atoms with E-state index in [1.54, 1.807) is 0 Å². The summed E-state index contributed by atoms with van der Waals surface area (Å²) in [5, 5.41) is 13.5. The zero-order valence-corrected chi connectivity index (χ0v) is 28.4. The van der Waals surface area contributed by atoms with Gasteiger partial charge in [-0.3, -0.25) is 0 Å². The van der Waals surface area contributed by atoms with E-state index >= 15 is 0 Å². The molecule has 0 aliphatic rings. The van der Waals surface area contributed by atoms with Crippen LogP contribution in [0.4, 0.5) is 0 Å². The van der Waals surface area contributed by atoms with Crippen molar-refractivity contribution >= 4 is 101 Å². The van der Waals surface area contributed by atoms with Crippen LogP contribution in [0.3, 0.4) is 0 Å². The average molecular weight is 660 g/mol. The third-order valence-electron chi connectivity index (χ3n) is 9.00. The van der Waals surface area contributed by atoms with Gasteiger partial charge in [0.25, 0.3) is 14.8 Å². The lowest BCUT2D eigenvalue weighted by atomic mass is 10.1. The predicted molar refractivity (Wildman–Crippen MR) is 205 cm³/mol. The highest BCUT2D eigenvalue weighted by Crippen LogP contribution is 2.22. The minimum absolute atomic E-state index is 1.06. The number of rotatable bonds is 4. The van der Waals surface area contributed by atoms with E-state index in [9.17, 15) is 0 Å². The Balaban J connectivity index is 1.38. The first-order chi connectivity index (χ1) is 22.5. The van der Waals surface area contributed by atoms with E-state index in [1.165, 1.54) is 21.5 Å². The number of benzene rings is 8. The smallest absolute Gasteiger partial charge is 0.138 e. The van der Waals surface area contributed by atoms with E-state index in [4.69, 9.17) is 22.2 Å². The molecule has 0 heterocycles. The van der Waals surface area contributed by atoms with Gasteiger partial charge in [0.2, 0.25) is 0 Å². The minimum Gasteiger partial charge on any atom is -0.138 e. The number of halogens is 2. The molecule has 0 fully saturated rings. The summed E-state index contributed by atoms with van der Waals surface area (Å²) in [6, 6.07) is 59.8. The Morgan fingerprint density at radius 1 is 0.283 bits per heavy atom. The van der Waals surface area contributed by atoms with E-state index in [-0.39, 0.29) is 0 Å². The fourth-order valence-electron chi connectivity index (χ4n) is 6.41. The quantitative estimate of drug-likeness (QED) is 0.101. The van der Waals surface area contributed by atoms with Gasteiger partial charge in [0.1, 0.15) is 0 Å². The summed E-state index contributed by atoms with van der Waals surface area (Å²) in [7, 11) is -6.32. The number of hydrogen-bond donors (Lipinski definition) is 0. The average Bonchev–Trinajstić information content (AvgIpc) is 3.12. The summed E-state index contributed by atoms with van der Waals surface area (Å²) in [5.41, 5.74) is 7.55. The Morgan fingerprint density at radius 3 is 0.739 bits per heavy atom. The Bertz CT molecular complexity index is 2160. The highest BCUT2D eigenvalue weighted by atomic mass is 35.6. The molecule has 0 spiro atoms. The van der Waals surface area contributed by atoms with E-state index in [0.717, 1.165) is 42.3 Å². The molecule has 0 nitrogen and oxygen atoms in total. The molecule has 0 atom stereocenters. The monoisotopic (exact) mass is 658 g/mol. The summed E-state index contributed by atoms with van der Waals surface area (Å²) < 4.78 is 0. The van der Waals surface area contributed by atoms with Gasteiger partial charge in [-0.2, -0.15) is 0 Å². The molecule has 0 aromatic heterocycles. The van der Waals surface area contributed by atoms with Gasteiger partial charge >= 0.3 is 0 Å². The van der Waals surface area contributed by atoms with Gasteiger partial charge in [-0.05, 0) is 63.8 Å². The normalized spacial score (nSPS) is 12.0. The van der Waals surface area contributed by atoms with E-state index in [1.807, 2.05) is 0 Å². The van der Waals surface area contributed by atoms with Crippen LogP contribution in [0.1, 0.15) is 0 Å². The Hall–Kier alpha value is -4.63. The van der Waals surface area contributed by atoms with Gasteiger partial charge in [-0.25, -0.2) is 0 Å². The third kappa shape index (κ3) is 5.12. The highest BCUT2D eigenvalue weighted by Gasteiger charge is 2.39. The fourth-order valence-corrected chi connectivity index (χ4v) is 14.0. The molecule has 8 rings (SSSR count). The Morgan fingerprint density at radius 2 is 0.500 bits per heavy atom. The van der Waals surface area contributed by atoms with Gasteiger partial charge in [0.05, 0.1) is 0 Å². The topological polar surface area (TPSA) is 0 Å². The van der Waals surface area contributed by atoms with Crippen LogP contribution in [0.5, 0.6) is 0 Å². The van der Waals surface area contributed by atoms with Gasteiger partial charge < -0.3 is 0 Å². The molecule has 0 radical (unpaired) electrons. The third-order valence-corrected chi connectivity index (χ3v) is 17.8. The maximum Gasteiger partial charge on any atom is 0.292 e. The van der Waals surface area contributed by atoms with Crippen LogP contribution < -0.4 is 20.7 Å². The van der Waals surface area contributed by atoms with Crippen molar-refractivity contribution in [2.24, 2.45) is 0 Å². The van der Waals surface area contributed by atoms with Crippen LogP contribution in [0.15, 0.2) is 170 Å². The number of hydrogen-bond acceptors (Lipinski definition) is 0. The van der Waals surface area contributed by atoms with Crippen molar-refractivity contribution in [2.45, 2.75) is 0 Å². The first kappa shape index (κ1) is 28.8. The molecular formula is C42H28Cl2Si2. The second-order valence-corrected chi connectivity index (χ2v) is 20.7. The van der Waals surface area contributed by atoms with Gasteiger partial charge in [0.15, 0.2) is 0 Å². The van der Waals surface area contributed by atoms with E-state index in [0.29, 0.717) is 0 Å². The van der Waals surface area contributed by atoms with E-state index < -0.39 is 14.8 Å². The van der Waals surface area contributed by atoms with Crippen LogP contribution in [0.2, 0.25) is 0 Å². The first-order valence-electron chi connectivity index (χ1n) is 15.4. The summed E-state index contributed by atoms with van der Waals surface area (Å²) in [6.07, 6.45) is 0. The fraction of sp³-hybridized carbons (Fsp3) is 0. The lowest BCUT2D eigenvalue weighted by Crippen LogP contribution is -2.56. The van der Waals surface area contributed by atoms with Crippen LogP contribution >= 0.6 is 22.2 Å². The first-order valence-corrected chi connectivity index (χ1v) is 21.4. The molecule has 0 aliphatic carbocycles. The zero-order valence-electron chi connectivity index (χ0n) is 24.9. The lowest BCUT2D eigenvalue weighted by molar-refractivity contribution is 1.76. The summed E-state index contributed by atoms with van der Waals surface area (Å²) in [6.45, 7) is 0. The predicted octanol–water partition coefficient (Wildman–Crippen LogP) is 8.68. The molecule has 218 valence electrons. The molecule has 46 heavy (non-hydrogen) atoms. The molecule has 8 aromatic rings. The Labute approximate surface area is 280 Å². The summed E-state index contributed by atoms with van der Waals surface area (Å²) in [5.74, 6) is 0. The largest absolute Gasteiger partial charge is 0.292 e. The summed E-state index contributed by atoms with van der Waals surface area (Å²) in [4.78, 5) is 0. The van der Waals surface area contributed by atoms with Crippen molar-refractivity contribution in [3.63, 3.8) is 0 Å². The second-order valence-electron chi connectivity index (χ2n) is 11.8. The Kier molecular flexibility index (Phi) is 7.28. The maximum atomic E-state index is 7.99. The molecule has 0 aliphatic heterocycles. The van der Waals surface area contributed by atoms with E-state index in [2.05, 4.69) is 181 Å². The minimum atomic E-state index is -3.16. The van der Waals surface area contributed by atoms with Crippen molar-refractivity contribution in [1.82, 2.24) is 0 Å². The molecular weight excluding hydrogens is 632 g/mol. The van der Waals surface area contributed by atoms with Crippen LogP contribution in [-0.2, 0) is 0 Å². The lowest BCUT2D eigenvalue weighted by Gasteiger charge is -2.24. The van der Waals surface area contributed by atoms with Crippen LogP contribution in [0.25, 0.3) is 43.1 Å². The van der Waals surface area contributed by atoms with Gasteiger partial charge in [0, 0.05) is 0 Å². The highest BCUT2D eigenvalue weighted by molar-refractivity contribution is 7.41. The van der Waals surface area contributed by atoms with Gasteiger partial charge in [-0.1, -0.05) is 170 Å². The second kappa shape index (κ2) is 11.6. The molecule has 0 unspecified atom stereocenters.